The highest BCUT2D eigenvalue weighted by molar-refractivity contribution is 6.32. The van der Waals surface area contributed by atoms with Crippen LogP contribution in [0.25, 0.3) is 0 Å². The Morgan fingerprint density at radius 2 is 2.06 bits per heavy atom. The van der Waals surface area contributed by atoms with Gasteiger partial charge in [0.15, 0.2) is 11.0 Å². The lowest BCUT2D eigenvalue weighted by Crippen LogP contribution is -2.15. The number of rotatable bonds is 2. The van der Waals surface area contributed by atoms with Crippen LogP contribution in [0.1, 0.15) is 5.56 Å². The van der Waals surface area contributed by atoms with Crippen LogP contribution >= 0.6 is 11.6 Å². The summed E-state index contributed by atoms with van der Waals surface area (Å²) in [5.74, 6) is 0.470. The molecule has 0 aliphatic heterocycles. The molecule has 1 heterocycles. The molecule has 90 valence electrons. The van der Waals surface area contributed by atoms with Crippen LogP contribution < -0.4 is 10.6 Å². The van der Waals surface area contributed by atoms with Gasteiger partial charge in [0.05, 0.1) is 11.3 Å². The van der Waals surface area contributed by atoms with Gasteiger partial charge in [-0.2, -0.15) is 5.26 Å². The molecule has 18 heavy (non-hydrogen) atoms. The van der Waals surface area contributed by atoms with E-state index in [-0.39, 0.29) is 10.8 Å². The van der Waals surface area contributed by atoms with Crippen molar-refractivity contribution in [1.29, 1.82) is 5.26 Å². The maximum Gasteiger partial charge on any atom is 0.161 e. The summed E-state index contributed by atoms with van der Waals surface area (Å²) in [4.78, 5) is 9.59. The zero-order valence-corrected chi connectivity index (χ0v) is 10.4. The van der Waals surface area contributed by atoms with Crippen LogP contribution in [-0.4, -0.2) is 17.0 Å². The Balaban J connectivity index is 2.52. The van der Waals surface area contributed by atoms with Crippen LogP contribution in [0.15, 0.2) is 30.6 Å². The summed E-state index contributed by atoms with van der Waals surface area (Å²) >= 11 is 5.85. The number of anilines is 3. The largest absolute Gasteiger partial charge is 0.393 e. The van der Waals surface area contributed by atoms with Gasteiger partial charge in [0.25, 0.3) is 0 Å². The molecule has 2 aromatic rings. The fourth-order valence-corrected chi connectivity index (χ4v) is 1.74. The summed E-state index contributed by atoms with van der Waals surface area (Å²) in [6.45, 7) is 0. The second-order valence-corrected chi connectivity index (χ2v) is 3.95. The zero-order chi connectivity index (χ0) is 13.1. The Hall–Kier alpha value is -2.32. The summed E-state index contributed by atoms with van der Waals surface area (Å²) in [6.07, 6.45) is 1.33. The van der Waals surface area contributed by atoms with Crippen molar-refractivity contribution in [2.45, 2.75) is 0 Å². The Labute approximate surface area is 109 Å². The van der Waals surface area contributed by atoms with Gasteiger partial charge in [-0.3, -0.25) is 0 Å². The molecule has 2 rings (SSSR count). The van der Waals surface area contributed by atoms with E-state index in [2.05, 4.69) is 16.0 Å². The molecule has 1 aromatic heterocycles. The van der Waals surface area contributed by atoms with E-state index in [1.54, 1.807) is 24.1 Å². The minimum absolute atomic E-state index is 0.196. The number of hydrogen-bond donors (Lipinski definition) is 1. The van der Waals surface area contributed by atoms with Crippen LogP contribution in [0.2, 0.25) is 5.15 Å². The molecule has 0 radical (unpaired) electrons. The lowest BCUT2D eigenvalue weighted by Gasteiger charge is -2.20. The molecular formula is C12H10ClN5. The normalized spacial score (nSPS) is 9.83. The third-order valence-electron chi connectivity index (χ3n) is 2.52. The Morgan fingerprint density at radius 3 is 2.78 bits per heavy atom. The van der Waals surface area contributed by atoms with Gasteiger partial charge in [0, 0.05) is 7.05 Å². The van der Waals surface area contributed by atoms with Crippen LogP contribution in [0, 0.1) is 11.3 Å². The predicted molar refractivity (Wildman–Crippen MR) is 70.7 cm³/mol. The first-order chi connectivity index (χ1) is 8.65. The van der Waals surface area contributed by atoms with Gasteiger partial charge >= 0.3 is 0 Å². The molecule has 0 aliphatic rings. The Morgan fingerprint density at radius 1 is 1.33 bits per heavy atom. The summed E-state index contributed by atoms with van der Waals surface area (Å²) in [6, 6.07) is 9.30. The van der Waals surface area contributed by atoms with Gasteiger partial charge in [-0.25, -0.2) is 9.97 Å². The van der Waals surface area contributed by atoms with Crippen LogP contribution in [-0.2, 0) is 0 Å². The van der Waals surface area contributed by atoms with E-state index in [0.717, 1.165) is 0 Å². The molecule has 0 atom stereocenters. The fourth-order valence-electron chi connectivity index (χ4n) is 1.61. The van der Waals surface area contributed by atoms with Crippen molar-refractivity contribution in [2.24, 2.45) is 0 Å². The average Bonchev–Trinajstić information content (AvgIpc) is 2.41. The van der Waals surface area contributed by atoms with Gasteiger partial charge in [-0.15, -0.1) is 0 Å². The Bertz CT molecular complexity index is 620. The maximum absolute atomic E-state index is 9.07. The molecule has 0 saturated heterocycles. The van der Waals surface area contributed by atoms with E-state index in [9.17, 15) is 0 Å². The predicted octanol–water partition coefficient (Wildman–Crippen LogP) is 2.35. The van der Waals surface area contributed by atoms with Gasteiger partial charge in [0.1, 0.15) is 18.1 Å². The Kier molecular flexibility index (Phi) is 3.31. The van der Waals surface area contributed by atoms with Crippen molar-refractivity contribution >= 4 is 28.8 Å². The van der Waals surface area contributed by atoms with E-state index in [0.29, 0.717) is 17.1 Å². The molecule has 2 N–H and O–H groups in total. The molecule has 0 unspecified atom stereocenters. The van der Waals surface area contributed by atoms with Crippen LogP contribution in [0.4, 0.5) is 17.2 Å². The number of halogens is 1. The van der Waals surface area contributed by atoms with E-state index < -0.39 is 0 Å². The van der Waals surface area contributed by atoms with Gasteiger partial charge < -0.3 is 10.6 Å². The third-order valence-corrected chi connectivity index (χ3v) is 2.82. The lowest BCUT2D eigenvalue weighted by molar-refractivity contribution is 1.08. The number of nitrogens with two attached hydrogens (primary N) is 1. The summed E-state index contributed by atoms with van der Waals surface area (Å²) in [5, 5.41) is 9.27. The number of aromatic nitrogens is 2. The lowest BCUT2D eigenvalue weighted by atomic mass is 10.2. The van der Waals surface area contributed by atoms with Crippen molar-refractivity contribution in [3.8, 4) is 6.07 Å². The van der Waals surface area contributed by atoms with E-state index in [1.807, 2.05) is 12.1 Å². The smallest absolute Gasteiger partial charge is 0.161 e. The molecule has 5 nitrogen and oxygen atoms in total. The summed E-state index contributed by atoms with van der Waals surface area (Å²) < 4.78 is 0. The van der Waals surface area contributed by atoms with Gasteiger partial charge in [0.2, 0.25) is 0 Å². The second-order valence-electron chi connectivity index (χ2n) is 3.59. The highest BCUT2D eigenvalue weighted by Gasteiger charge is 2.14. The van der Waals surface area contributed by atoms with Gasteiger partial charge in [-0.05, 0) is 12.1 Å². The van der Waals surface area contributed by atoms with Crippen LogP contribution in [0.3, 0.4) is 0 Å². The van der Waals surface area contributed by atoms with Gasteiger partial charge in [-0.1, -0.05) is 23.7 Å². The van der Waals surface area contributed by atoms with Crippen molar-refractivity contribution in [3.05, 3.63) is 41.3 Å². The quantitative estimate of drug-likeness (QED) is 0.838. The first-order valence-corrected chi connectivity index (χ1v) is 5.51. The SMILES string of the molecule is CN(c1ccccc1C#N)c1ncnc(Cl)c1N. The van der Waals surface area contributed by atoms with Crippen LogP contribution in [0.5, 0.6) is 0 Å². The van der Waals surface area contributed by atoms with E-state index >= 15 is 0 Å². The molecule has 0 saturated carbocycles. The first-order valence-electron chi connectivity index (χ1n) is 5.14. The van der Waals surface area contributed by atoms with E-state index in [4.69, 9.17) is 22.6 Å². The number of nitrogens with zero attached hydrogens (tertiary/aromatic N) is 4. The minimum atomic E-state index is 0.196. The fraction of sp³-hybridized carbons (Fsp3) is 0.0833. The number of nitrogen functional groups attached to an aromatic ring is 1. The molecule has 0 amide bonds. The molecule has 0 bridgehead atoms. The van der Waals surface area contributed by atoms with Crippen molar-refractivity contribution in [2.75, 3.05) is 17.7 Å². The number of benzene rings is 1. The number of hydrogen-bond acceptors (Lipinski definition) is 5. The maximum atomic E-state index is 9.07. The monoisotopic (exact) mass is 259 g/mol. The van der Waals surface area contributed by atoms with Crippen molar-refractivity contribution in [1.82, 2.24) is 9.97 Å². The second kappa shape index (κ2) is 4.90. The molecule has 1 aromatic carbocycles. The van der Waals surface area contributed by atoms with Crippen molar-refractivity contribution in [3.63, 3.8) is 0 Å². The third kappa shape index (κ3) is 2.06. The molecule has 0 fully saturated rings. The van der Waals surface area contributed by atoms with E-state index in [1.165, 1.54) is 6.33 Å². The average molecular weight is 260 g/mol. The number of nitriles is 1. The molecule has 0 spiro atoms. The minimum Gasteiger partial charge on any atom is -0.393 e. The van der Waals surface area contributed by atoms with Crippen molar-refractivity contribution < 1.29 is 0 Å². The highest BCUT2D eigenvalue weighted by atomic mass is 35.5. The molecular weight excluding hydrogens is 250 g/mol. The molecule has 0 aliphatic carbocycles. The zero-order valence-electron chi connectivity index (χ0n) is 9.63. The summed E-state index contributed by atoms with van der Waals surface area (Å²) in [7, 11) is 1.77. The number of para-hydroxylation sites is 1. The molecule has 6 heteroatoms. The topological polar surface area (TPSA) is 78.8 Å². The summed E-state index contributed by atoms with van der Waals surface area (Å²) in [5.41, 5.74) is 7.36. The highest BCUT2D eigenvalue weighted by Crippen LogP contribution is 2.31. The standard InChI is InChI=1S/C12H10ClN5/c1-18(9-5-3-2-4-8(9)6-14)12-10(15)11(13)16-7-17-12/h2-5,7H,15H2,1H3. The first kappa shape index (κ1) is 12.1.